The molecule has 0 aromatic heterocycles. The topological polar surface area (TPSA) is 24.4 Å². The van der Waals surface area contributed by atoms with Crippen LogP contribution in [0.5, 0.6) is 0 Å². The number of hydrogen-bond acceptors (Lipinski definition) is 1. The summed E-state index contributed by atoms with van der Waals surface area (Å²) < 4.78 is 0. The minimum Gasteiger partial charge on any atom is -0.343 e. The van der Waals surface area contributed by atoms with Crippen molar-refractivity contribution < 1.29 is 0 Å². The van der Waals surface area contributed by atoms with Gasteiger partial charge in [0, 0.05) is 16.1 Å². The maximum Gasteiger partial charge on any atom is 0.108 e. The lowest BCUT2D eigenvalue weighted by atomic mass is 9.67. The number of benzene rings is 2. The van der Waals surface area contributed by atoms with Crippen LogP contribution in [0.3, 0.4) is 0 Å². The summed E-state index contributed by atoms with van der Waals surface area (Å²) in [7, 11) is 0. The summed E-state index contributed by atoms with van der Waals surface area (Å²) in [6.07, 6.45) is 7.56. The van der Waals surface area contributed by atoms with E-state index in [1.54, 1.807) is 0 Å². The second kappa shape index (κ2) is 6.60. The lowest BCUT2D eigenvalue weighted by molar-refractivity contribution is 0.278. The predicted octanol–water partition coefficient (Wildman–Crippen LogP) is 5.86. The third-order valence-corrected chi connectivity index (χ3v) is 5.66. The van der Waals surface area contributed by atoms with Gasteiger partial charge in [-0.1, -0.05) is 61.2 Å². The van der Waals surface area contributed by atoms with Gasteiger partial charge in [0.2, 0.25) is 0 Å². The summed E-state index contributed by atoms with van der Waals surface area (Å²) >= 11 is 6.11. The Morgan fingerprint density at radius 3 is 2.67 bits per heavy atom. The standard InChI is InChI=1S/C21H23ClN2/c22-18-9-6-7-16(13-18)15-23-20-21(11-4-1-5-12-21)14-17-8-2-3-10-19(17)24-20/h2-3,6-10,13H,1,4-5,11-12,14-15H2,(H,23,24). The van der Waals surface area contributed by atoms with Gasteiger partial charge in [-0.3, -0.25) is 4.99 Å². The minimum atomic E-state index is 0.200. The molecule has 0 atom stereocenters. The molecule has 4 rings (SSSR count). The van der Waals surface area contributed by atoms with Gasteiger partial charge in [-0.25, -0.2) is 0 Å². The monoisotopic (exact) mass is 338 g/mol. The van der Waals surface area contributed by atoms with E-state index in [0.717, 1.165) is 11.4 Å². The van der Waals surface area contributed by atoms with Gasteiger partial charge < -0.3 is 5.32 Å². The first-order valence-corrected chi connectivity index (χ1v) is 9.27. The molecule has 1 spiro atoms. The van der Waals surface area contributed by atoms with Crippen molar-refractivity contribution in [1.82, 2.24) is 0 Å². The summed E-state index contributed by atoms with van der Waals surface area (Å²) in [4.78, 5) is 5.02. The van der Waals surface area contributed by atoms with Crippen molar-refractivity contribution in [3.63, 3.8) is 0 Å². The lowest BCUT2D eigenvalue weighted by Crippen LogP contribution is -2.43. The van der Waals surface area contributed by atoms with E-state index in [9.17, 15) is 0 Å². The molecule has 2 aromatic rings. The number of para-hydroxylation sites is 1. The van der Waals surface area contributed by atoms with Gasteiger partial charge in [0.1, 0.15) is 5.84 Å². The van der Waals surface area contributed by atoms with Crippen molar-refractivity contribution in [2.75, 3.05) is 5.32 Å². The number of halogens is 1. The van der Waals surface area contributed by atoms with Gasteiger partial charge in [-0.05, 0) is 48.6 Å². The van der Waals surface area contributed by atoms with Gasteiger partial charge in [0.25, 0.3) is 0 Å². The molecular weight excluding hydrogens is 316 g/mol. The van der Waals surface area contributed by atoms with Crippen molar-refractivity contribution >= 4 is 23.1 Å². The SMILES string of the molecule is Clc1cccc(CN=C2Nc3ccccc3CC23CCCCC3)c1. The third-order valence-electron chi connectivity index (χ3n) is 5.42. The molecule has 1 aliphatic carbocycles. The number of fused-ring (bicyclic) bond motifs is 1. The van der Waals surface area contributed by atoms with Crippen LogP contribution in [0.15, 0.2) is 53.5 Å². The Kier molecular flexibility index (Phi) is 4.32. The highest BCUT2D eigenvalue weighted by molar-refractivity contribution is 6.30. The van der Waals surface area contributed by atoms with Crippen molar-refractivity contribution in [1.29, 1.82) is 0 Å². The van der Waals surface area contributed by atoms with Crippen LogP contribution in [-0.4, -0.2) is 5.84 Å². The van der Waals surface area contributed by atoms with Crippen LogP contribution in [0, 0.1) is 5.41 Å². The van der Waals surface area contributed by atoms with Gasteiger partial charge >= 0.3 is 0 Å². The molecule has 1 N–H and O–H groups in total. The number of aliphatic imine (C=N–C) groups is 1. The summed E-state index contributed by atoms with van der Waals surface area (Å²) in [5, 5.41) is 4.44. The highest BCUT2D eigenvalue weighted by Crippen LogP contribution is 2.45. The van der Waals surface area contributed by atoms with Crippen LogP contribution in [-0.2, 0) is 13.0 Å². The number of anilines is 1. The third kappa shape index (κ3) is 3.08. The summed E-state index contributed by atoms with van der Waals surface area (Å²) in [6, 6.07) is 16.7. The lowest BCUT2D eigenvalue weighted by Gasteiger charge is -2.42. The van der Waals surface area contributed by atoms with Gasteiger partial charge in [0.05, 0.1) is 6.54 Å². The summed E-state index contributed by atoms with van der Waals surface area (Å²) in [5.41, 5.74) is 4.02. The van der Waals surface area contributed by atoms with E-state index in [4.69, 9.17) is 16.6 Å². The second-order valence-corrected chi connectivity index (χ2v) is 7.53. The Bertz CT molecular complexity index is 760. The molecule has 0 bridgehead atoms. The molecule has 0 unspecified atom stereocenters. The first kappa shape index (κ1) is 15.7. The van der Waals surface area contributed by atoms with Crippen molar-refractivity contribution in [3.05, 3.63) is 64.7 Å². The van der Waals surface area contributed by atoms with Crippen molar-refractivity contribution in [2.45, 2.75) is 45.1 Å². The van der Waals surface area contributed by atoms with E-state index in [1.165, 1.54) is 54.8 Å². The van der Waals surface area contributed by atoms with Crippen LogP contribution in [0.1, 0.15) is 43.2 Å². The largest absolute Gasteiger partial charge is 0.343 e. The zero-order chi connectivity index (χ0) is 16.4. The fraction of sp³-hybridized carbons (Fsp3) is 0.381. The quantitative estimate of drug-likeness (QED) is 0.729. The van der Waals surface area contributed by atoms with Crippen LogP contribution in [0.25, 0.3) is 0 Å². The van der Waals surface area contributed by atoms with E-state index in [0.29, 0.717) is 6.54 Å². The maximum absolute atomic E-state index is 6.11. The van der Waals surface area contributed by atoms with Gasteiger partial charge in [-0.2, -0.15) is 0 Å². The first-order valence-electron chi connectivity index (χ1n) is 8.90. The van der Waals surface area contributed by atoms with E-state index in [2.05, 4.69) is 35.6 Å². The predicted molar refractivity (Wildman–Crippen MR) is 102 cm³/mol. The molecule has 2 nitrogen and oxygen atoms in total. The van der Waals surface area contributed by atoms with Gasteiger partial charge in [0.15, 0.2) is 0 Å². The highest BCUT2D eigenvalue weighted by atomic mass is 35.5. The molecule has 0 saturated heterocycles. The highest BCUT2D eigenvalue weighted by Gasteiger charge is 2.40. The van der Waals surface area contributed by atoms with Crippen LogP contribution >= 0.6 is 11.6 Å². The van der Waals surface area contributed by atoms with Crippen molar-refractivity contribution in [2.24, 2.45) is 10.4 Å². The van der Waals surface area contributed by atoms with E-state index in [-0.39, 0.29) is 5.41 Å². The average Bonchev–Trinajstić information content (AvgIpc) is 2.61. The number of nitrogens with zero attached hydrogens (tertiary/aromatic N) is 1. The molecule has 1 saturated carbocycles. The van der Waals surface area contributed by atoms with E-state index >= 15 is 0 Å². The summed E-state index contributed by atoms with van der Waals surface area (Å²) in [6.45, 7) is 0.687. The molecule has 0 radical (unpaired) electrons. The number of rotatable bonds is 2. The molecule has 3 heteroatoms. The van der Waals surface area contributed by atoms with Crippen LogP contribution in [0.2, 0.25) is 5.02 Å². The molecule has 2 aromatic carbocycles. The van der Waals surface area contributed by atoms with Crippen molar-refractivity contribution in [3.8, 4) is 0 Å². The molecule has 0 amide bonds. The minimum absolute atomic E-state index is 0.200. The average molecular weight is 339 g/mol. The number of amidine groups is 1. The number of hydrogen-bond donors (Lipinski definition) is 1. The number of nitrogens with one attached hydrogen (secondary N) is 1. The first-order chi connectivity index (χ1) is 11.8. The van der Waals surface area contributed by atoms with Gasteiger partial charge in [-0.15, -0.1) is 0 Å². The normalized spacial score (nSPS) is 20.6. The van der Waals surface area contributed by atoms with E-state index in [1.807, 2.05) is 18.2 Å². The Balaban J connectivity index is 1.66. The molecule has 2 aliphatic rings. The molecule has 1 heterocycles. The Labute approximate surface area is 149 Å². The Hall–Kier alpha value is -1.80. The fourth-order valence-corrected chi connectivity index (χ4v) is 4.37. The zero-order valence-electron chi connectivity index (χ0n) is 13.9. The van der Waals surface area contributed by atoms with E-state index < -0.39 is 0 Å². The Morgan fingerprint density at radius 1 is 1.00 bits per heavy atom. The molecule has 1 aliphatic heterocycles. The summed E-state index contributed by atoms with van der Waals surface area (Å²) in [5.74, 6) is 1.18. The zero-order valence-corrected chi connectivity index (χ0v) is 14.6. The maximum atomic E-state index is 6.11. The van der Waals surface area contributed by atoms with Crippen LogP contribution < -0.4 is 5.32 Å². The van der Waals surface area contributed by atoms with Crippen LogP contribution in [0.4, 0.5) is 5.69 Å². The second-order valence-electron chi connectivity index (χ2n) is 7.09. The molecular formula is C21H23ClN2. The molecule has 124 valence electrons. The smallest absolute Gasteiger partial charge is 0.108 e. The fourth-order valence-electron chi connectivity index (χ4n) is 4.16. The molecule has 1 fully saturated rings. The Morgan fingerprint density at radius 2 is 1.83 bits per heavy atom. The molecule has 24 heavy (non-hydrogen) atoms.